The molecule has 1 aliphatic heterocycles. The Labute approximate surface area is 154 Å². The van der Waals surface area contributed by atoms with Gasteiger partial charge in [-0.2, -0.15) is 4.98 Å². The Hall–Kier alpha value is -1.87. The van der Waals surface area contributed by atoms with Crippen molar-refractivity contribution in [1.82, 2.24) is 9.55 Å². The maximum atomic E-state index is 12.2. The Morgan fingerprint density at radius 3 is 2.77 bits per heavy atom. The average molecular weight is 381 g/mol. The van der Waals surface area contributed by atoms with E-state index in [1.165, 1.54) is 4.57 Å². The molecule has 0 bridgehead atoms. The number of azide groups is 1. The SMILES string of the molecule is Cc1cn([C@H]2C[C@@H](N=[N+]=[N-])[C@@H](CO[Si](C)(C)C(C)(C)C)O2)c(=O)nc1N. The predicted octanol–water partition coefficient (Wildman–Crippen LogP) is 3.12. The van der Waals surface area contributed by atoms with E-state index in [4.69, 9.17) is 20.4 Å². The normalized spacial score (nSPS) is 23.7. The number of ether oxygens (including phenoxy) is 1. The number of anilines is 1. The summed E-state index contributed by atoms with van der Waals surface area (Å²) in [5, 5.41) is 3.91. The molecule has 0 radical (unpaired) electrons. The number of nitrogen functional groups attached to an aromatic ring is 1. The molecule has 2 rings (SSSR count). The van der Waals surface area contributed by atoms with E-state index in [1.54, 1.807) is 13.1 Å². The maximum Gasteiger partial charge on any atom is 0.351 e. The molecular weight excluding hydrogens is 352 g/mol. The summed E-state index contributed by atoms with van der Waals surface area (Å²) < 4.78 is 13.6. The first-order chi connectivity index (χ1) is 12.0. The van der Waals surface area contributed by atoms with Gasteiger partial charge in [-0.25, -0.2) is 4.79 Å². The van der Waals surface area contributed by atoms with Crippen molar-refractivity contribution in [3.05, 3.63) is 32.7 Å². The van der Waals surface area contributed by atoms with E-state index in [0.717, 1.165) is 0 Å². The number of nitrogens with zero attached hydrogens (tertiary/aromatic N) is 5. The molecule has 2 N–H and O–H groups in total. The smallest absolute Gasteiger partial charge is 0.351 e. The maximum absolute atomic E-state index is 12.2. The first-order valence-electron chi connectivity index (χ1n) is 8.65. The monoisotopic (exact) mass is 380 g/mol. The third-order valence-corrected chi connectivity index (χ3v) is 9.80. The zero-order valence-electron chi connectivity index (χ0n) is 16.3. The summed E-state index contributed by atoms with van der Waals surface area (Å²) in [6.45, 7) is 12.9. The van der Waals surface area contributed by atoms with E-state index < -0.39 is 32.4 Å². The summed E-state index contributed by atoms with van der Waals surface area (Å²) in [5.41, 5.74) is 14.8. The van der Waals surface area contributed by atoms with Gasteiger partial charge in [0.05, 0.1) is 18.8 Å². The highest BCUT2D eigenvalue weighted by Crippen LogP contribution is 2.38. The summed E-state index contributed by atoms with van der Waals surface area (Å²) in [7, 11) is -1.97. The van der Waals surface area contributed by atoms with Crippen LogP contribution < -0.4 is 11.4 Å². The van der Waals surface area contributed by atoms with Crippen LogP contribution in [0.4, 0.5) is 5.82 Å². The van der Waals surface area contributed by atoms with Crippen LogP contribution in [0.25, 0.3) is 10.4 Å². The number of aromatic nitrogens is 2. The standard InChI is InChI=1S/C16H28N6O3Si/c1-10-8-22(15(23)19-14(10)17)13-7-11(20-21-18)12(25-13)9-24-26(5,6)16(2,3)4/h8,11-13H,7,9H2,1-6H3,(H2,17,19,23)/t11-,12-,13-/m1/s1. The lowest BCUT2D eigenvalue weighted by atomic mass is 10.1. The molecule has 26 heavy (non-hydrogen) atoms. The zero-order valence-corrected chi connectivity index (χ0v) is 17.3. The van der Waals surface area contributed by atoms with Gasteiger partial charge in [-0.3, -0.25) is 4.57 Å². The van der Waals surface area contributed by atoms with Crippen LogP contribution in [0.5, 0.6) is 0 Å². The van der Waals surface area contributed by atoms with Crippen molar-refractivity contribution in [3.8, 4) is 0 Å². The Kier molecular flexibility index (Phi) is 5.81. The van der Waals surface area contributed by atoms with Crippen LogP contribution in [0, 0.1) is 6.92 Å². The molecule has 10 heteroatoms. The minimum Gasteiger partial charge on any atom is -0.414 e. The lowest BCUT2D eigenvalue weighted by Gasteiger charge is -2.37. The van der Waals surface area contributed by atoms with Gasteiger partial charge in [0.1, 0.15) is 12.0 Å². The molecule has 0 aliphatic carbocycles. The lowest BCUT2D eigenvalue weighted by molar-refractivity contribution is -0.0245. The molecule has 1 aromatic heterocycles. The molecule has 3 atom stereocenters. The minimum atomic E-state index is -1.97. The van der Waals surface area contributed by atoms with Crippen LogP contribution in [-0.2, 0) is 9.16 Å². The fourth-order valence-corrected chi connectivity index (χ4v) is 3.53. The molecule has 0 saturated carbocycles. The predicted molar refractivity (Wildman–Crippen MR) is 102 cm³/mol. The second-order valence-electron chi connectivity index (χ2n) is 8.21. The Bertz CT molecular complexity index is 766. The fourth-order valence-electron chi connectivity index (χ4n) is 2.52. The Morgan fingerprint density at radius 1 is 1.54 bits per heavy atom. The van der Waals surface area contributed by atoms with Crippen molar-refractivity contribution in [2.24, 2.45) is 5.11 Å². The molecule has 0 unspecified atom stereocenters. The highest BCUT2D eigenvalue weighted by molar-refractivity contribution is 6.74. The number of hydrogen-bond acceptors (Lipinski definition) is 6. The molecule has 1 aliphatic rings. The van der Waals surface area contributed by atoms with E-state index in [9.17, 15) is 4.79 Å². The van der Waals surface area contributed by atoms with E-state index >= 15 is 0 Å². The van der Waals surface area contributed by atoms with Gasteiger partial charge in [-0.05, 0) is 30.6 Å². The molecule has 144 valence electrons. The van der Waals surface area contributed by atoms with E-state index in [2.05, 4.69) is 48.9 Å². The van der Waals surface area contributed by atoms with E-state index in [0.29, 0.717) is 18.6 Å². The van der Waals surface area contributed by atoms with Crippen LogP contribution in [-0.4, -0.2) is 36.6 Å². The highest BCUT2D eigenvalue weighted by Gasteiger charge is 2.41. The summed E-state index contributed by atoms with van der Waals surface area (Å²) in [4.78, 5) is 18.9. The van der Waals surface area contributed by atoms with Gasteiger partial charge in [-0.15, -0.1) is 0 Å². The van der Waals surface area contributed by atoms with E-state index in [1.807, 2.05) is 0 Å². The summed E-state index contributed by atoms with van der Waals surface area (Å²) in [6.07, 6.45) is 1.05. The average Bonchev–Trinajstić information content (AvgIpc) is 2.91. The Morgan fingerprint density at radius 2 is 2.19 bits per heavy atom. The summed E-state index contributed by atoms with van der Waals surface area (Å²) >= 11 is 0. The zero-order chi connectivity index (χ0) is 19.7. The van der Waals surface area contributed by atoms with Crippen LogP contribution in [0.1, 0.15) is 39.0 Å². The number of rotatable bonds is 5. The minimum absolute atomic E-state index is 0.0634. The second-order valence-corrected chi connectivity index (χ2v) is 13.0. The number of aryl methyl sites for hydroxylation is 1. The summed E-state index contributed by atoms with van der Waals surface area (Å²) in [5.74, 6) is 0.202. The van der Waals surface area contributed by atoms with Gasteiger partial charge >= 0.3 is 5.69 Å². The van der Waals surface area contributed by atoms with Crippen LogP contribution in [0.3, 0.4) is 0 Å². The number of nitrogens with two attached hydrogens (primary N) is 1. The molecule has 1 fully saturated rings. The van der Waals surface area contributed by atoms with Crippen molar-refractivity contribution in [2.75, 3.05) is 12.3 Å². The largest absolute Gasteiger partial charge is 0.414 e. The summed E-state index contributed by atoms with van der Waals surface area (Å²) in [6, 6.07) is -0.403. The third-order valence-electron chi connectivity index (χ3n) is 5.30. The van der Waals surface area contributed by atoms with Gasteiger partial charge in [0.2, 0.25) is 0 Å². The van der Waals surface area contributed by atoms with Crippen molar-refractivity contribution >= 4 is 14.1 Å². The molecule has 1 saturated heterocycles. The van der Waals surface area contributed by atoms with Gasteiger partial charge < -0.3 is 14.9 Å². The van der Waals surface area contributed by atoms with Crippen LogP contribution in [0.15, 0.2) is 16.1 Å². The van der Waals surface area contributed by atoms with Crippen molar-refractivity contribution < 1.29 is 9.16 Å². The quantitative estimate of drug-likeness (QED) is 0.363. The molecule has 0 aromatic carbocycles. The van der Waals surface area contributed by atoms with Crippen molar-refractivity contribution in [2.45, 2.75) is 70.6 Å². The first kappa shape index (κ1) is 20.4. The number of hydrogen-bond donors (Lipinski definition) is 1. The molecule has 0 spiro atoms. The van der Waals surface area contributed by atoms with Gasteiger partial charge in [0, 0.05) is 23.1 Å². The fraction of sp³-hybridized carbons (Fsp3) is 0.750. The second kappa shape index (κ2) is 7.40. The molecular formula is C16H28N6O3Si. The van der Waals surface area contributed by atoms with Crippen LogP contribution >= 0.6 is 0 Å². The van der Waals surface area contributed by atoms with Crippen molar-refractivity contribution in [3.63, 3.8) is 0 Å². The van der Waals surface area contributed by atoms with Crippen LogP contribution in [0.2, 0.25) is 18.1 Å². The highest BCUT2D eigenvalue weighted by atomic mass is 28.4. The molecule has 0 amide bonds. The molecule has 1 aromatic rings. The van der Waals surface area contributed by atoms with Gasteiger partial charge in [-0.1, -0.05) is 25.9 Å². The van der Waals surface area contributed by atoms with Crippen molar-refractivity contribution in [1.29, 1.82) is 0 Å². The third kappa shape index (κ3) is 4.26. The molecule has 2 heterocycles. The first-order valence-corrected chi connectivity index (χ1v) is 11.6. The molecule has 9 nitrogen and oxygen atoms in total. The lowest BCUT2D eigenvalue weighted by Crippen LogP contribution is -2.43. The Balaban J connectivity index is 2.20. The van der Waals surface area contributed by atoms with E-state index in [-0.39, 0.29) is 10.9 Å². The topological polar surface area (TPSA) is 128 Å². The van der Waals surface area contributed by atoms with Gasteiger partial charge in [0.25, 0.3) is 0 Å². The van der Waals surface area contributed by atoms with Gasteiger partial charge in [0.15, 0.2) is 8.32 Å².